The molecule has 1 atom stereocenters. The van der Waals surface area contributed by atoms with Gasteiger partial charge in [0, 0.05) is 18.1 Å². The van der Waals surface area contributed by atoms with Crippen molar-refractivity contribution >= 4 is 17.5 Å². The molecule has 1 N–H and O–H groups in total. The molecule has 0 fully saturated rings. The monoisotopic (exact) mass is 386 g/mol. The Balaban J connectivity index is 1.52. The summed E-state index contributed by atoms with van der Waals surface area (Å²) in [5.41, 5.74) is 3.39. The van der Waals surface area contributed by atoms with Crippen molar-refractivity contribution in [3.63, 3.8) is 0 Å². The first kappa shape index (κ1) is 19.7. The SMILES string of the molecule is CCN(CC)Cc1ccc(CNC(=O)[C@H]2COc3ccc(Cl)cc3C2)cc1. The van der Waals surface area contributed by atoms with Gasteiger partial charge in [-0.15, -0.1) is 0 Å². The second-order valence-electron chi connectivity index (χ2n) is 6.96. The van der Waals surface area contributed by atoms with Crippen molar-refractivity contribution in [2.24, 2.45) is 5.92 Å². The molecule has 0 unspecified atom stereocenters. The molecule has 0 radical (unpaired) electrons. The van der Waals surface area contributed by atoms with Gasteiger partial charge in [-0.3, -0.25) is 9.69 Å². The van der Waals surface area contributed by atoms with E-state index in [1.807, 2.05) is 18.2 Å². The Morgan fingerprint density at radius 1 is 1.15 bits per heavy atom. The molecular weight excluding hydrogens is 360 g/mol. The number of benzene rings is 2. The van der Waals surface area contributed by atoms with Crippen LogP contribution in [0, 0.1) is 5.92 Å². The summed E-state index contributed by atoms with van der Waals surface area (Å²) in [6.45, 7) is 8.34. The first-order chi connectivity index (χ1) is 13.1. The highest BCUT2D eigenvalue weighted by atomic mass is 35.5. The normalized spacial score (nSPS) is 15.9. The van der Waals surface area contributed by atoms with E-state index in [1.165, 1.54) is 5.56 Å². The maximum atomic E-state index is 12.5. The Morgan fingerprint density at radius 3 is 2.56 bits per heavy atom. The summed E-state index contributed by atoms with van der Waals surface area (Å²) in [5, 5.41) is 3.70. The number of fused-ring (bicyclic) bond motifs is 1. The van der Waals surface area contributed by atoms with E-state index in [-0.39, 0.29) is 11.8 Å². The molecule has 27 heavy (non-hydrogen) atoms. The summed E-state index contributed by atoms with van der Waals surface area (Å²) in [6.07, 6.45) is 0.657. The van der Waals surface area contributed by atoms with Crippen molar-refractivity contribution < 1.29 is 9.53 Å². The number of nitrogens with zero attached hydrogens (tertiary/aromatic N) is 1. The van der Waals surface area contributed by atoms with E-state index in [0.29, 0.717) is 24.6 Å². The second kappa shape index (κ2) is 9.25. The smallest absolute Gasteiger partial charge is 0.227 e. The Bertz CT molecular complexity index is 772. The van der Waals surface area contributed by atoms with E-state index in [2.05, 4.69) is 48.3 Å². The third kappa shape index (κ3) is 5.24. The van der Waals surface area contributed by atoms with Crippen molar-refractivity contribution in [2.45, 2.75) is 33.4 Å². The molecule has 0 bridgehead atoms. The van der Waals surface area contributed by atoms with Crippen LogP contribution in [-0.4, -0.2) is 30.5 Å². The van der Waals surface area contributed by atoms with E-state index in [1.54, 1.807) is 0 Å². The first-order valence-corrected chi connectivity index (χ1v) is 9.96. The van der Waals surface area contributed by atoms with Crippen LogP contribution in [-0.2, 0) is 24.3 Å². The summed E-state index contributed by atoms with van der Waals surface area (Å²) in [5.74, 6) is 0.665. The van der Waals surface area contributed by atoms with Crippen LogP contribution in [0.3, 0.4) is 0 Å². The maximum Gasteiger partial charge on any atom is 0.227 e. The average Bonchev–Trinajstić information content (AvgIpc) is 2.70. The molecule has 2 aromatic carbocycles. The number of carbonyl (C=O) groups excluding carboxylic acids is 1. The van der Waals surface area contributed by atoms with Crippen molar-refractivity contribution in [2.75, 3.05) is 19.7 Å². The van der Waals surface area contributed by atoms with Crippen LogP contribution in [0.1, 0.15) is 30.5 Å². The average molecular weight is 387 g/mol. The van der Waals surface area contributed by atoms with Gasteiger partial charge in [-0.1, -0.05) is 49.7 Å². The highest BCUT2D eigenvalue weighted by Crippen LogP contribution is 2.29. The van der Waals surface area contributed by atoms with Crippen molar-refractivity contribution in [3.05, 3.63) is 64.2 Å². The minimum absolute atomic E-state index is 0.0212. The fraction of sp³-hybridized carbons (Fsp3) is 0.409. The lowest BCUT2D eigenvalue weighted by Gasteiger charge is -2.24. The van der Waals surface area contributed by atoms with Gasteiger partial charge in [-0.25, -0.2) is 0 Å². The van der Waals surface area contributed by atoms with Crippen LogP contribution in [0.2, 0.25) is 5.02 Å². The topological polar surface area (TPSA) is 41.6 Å². The molecule has 3 rings (SSSR count). The summed E-state index contributed by atoms with van der Waals surface area (Å²) >= 11 is 6.05. The van der Waals surface area contributed by atoms with E-state index in [9.17, 15) is 4.79 Å². The van der Waals surface area contributed by atoms with Gasteiger partial charge in [-0.05, 0) is 54.4 Å². The lowest BCUT2D eigenvalue weighted by Crippen LogP contribution is -2.37. The number of hydrogen-bond donors (Lipinski definition) is 1. The summed E-state index contributed by atoms with van der Waals surface area (Å²) in [4.78, 5) is 14.9. The van der Waals surface area contributed by atoms with Gasteiger partial charge in [0.2, 0.25) is 5.91 Å². The van der Waals surface area contributed by atoms with Gasteiger partial charge in [0.25, 0.3) is 0 Å². The number of nitrogens with one attached hydrogen (secondary N) is 1. The van der Waals surface area contributed by atoms with E-state index >= 15 is 0 Å². The Kier molecular flexibility index (Phi) is 6.75. The van der Waals surface area contributed by atoms with Crippen LogP contribution in [0.4, 0.5) is 0 Å². The standard InChI is InChI=1S/C22H27ClN2O2/c1-3-25(4-2)14-17-7-5-16(6-8-17)13-24-22(26)19-11-18-12-20(23)9-10-21(18)27-15-19/h5-10,12,19H,3-4,11,13-15H2,1-2H3,(H,24,26)/t19-/m1/s1. The summed E-state index contributed by atoms with van der Waals surface area (Å²) in [6, 6.07) is 14.0. The maximum absolute atomic E-state index is 12.5. The zero-order valence-corrected chi connectivity index (χ0v) is 16.8. The predicted octanol–water partition coefficient (Wildman–Crippen LogP) is 4.05. The fourth-order valence-corrected chi connectivity index (χ4v) is 3.53. The van der Waals surface area contributed by atoms with Crippen molar-refractivity contribution in [3.8, 4) is 5.75 Å². The minimum Gasteiger partial charge on any atom is -0.492 e. The van der Waals surface area contributed by atoms with E-state index in [4.69, 9.17) is 16.3 Å². The molecule has 144 valence electrons. The molecule has 0 spiro atoms. The van der Waals surface area contributed by atoms with Crippen LogP contribution in [0.25, 0.3) is 0 Å². The lowest BCUT2D eigenvalue weighted by molar-refractivity contribution is -0.126. The highest BCUT2D eigenvalue weighted by Gasteiger charge is 2.25. The third-order valence-electron chi connectivity index (χ3n) is 5.09. The molecule has 1 heterocycles. The molecule has 5 heteroatoms. The molecule has 1 amide bonds. The van der Waals surface area contributed by atoms with Crippen LogP contribution in [0.15, 0.2) is 42.5 Å². The molecule has 4 nitrogen and oxygen atoms in total. The molecule has 0 aromatic heterocycles. The molecule has 0 saturated heterocycles. The number of rotatable bonds is 7. The van der Waals surface area contributed by atoms with Gasteiger partial charge in [0.1, 0.15) is 12.4 Å². The molecule has 0 saturated carbocycles. The van der Waals surface area contributed by atoms with E-state index < -0.39 is 0 Å². The Labute approximate surface area is 166 Å². The number of hydrogen-bond acceptors (Lipinski definition) is 3. The van der Waals surface area contributed by atoms with Gasteiger partial charge in [0.15, 0.2) is 0 Å². The highest BCUT2D eigenvalue weighted by molar-refractivity contribution is 6.30. The van der Waals surface area contributed by atoms with Crippen LogP contribution >= 0.6 is 11.6 Å². The Morgan fingerprint density at radius 2 is 1.85 bits per heavy atom. The van der Waals surface area contributed by atoms with Gasteiger partial charge < -0.3 is 10.1 Å². The molecule has 0 aliphatic carbocycles. The Hall–Kier alpha value is -2.04. The number of amides is 1. The van der Waals surface area contributed by atoms with Crippen LogP contribution in [0.5, 0.6) is 5.75 Å². The largest absolute Gasteiger partial charge is 0.492 e. The number of halogens is 1. The van der Waals surface area contributed by atoms with Crippen LogP contribution < -0.4 is 10.1 Å². The van der Waals surface area contributed by atoms with E-state index in [0.717, 1.165) is 36.5 Å². The molecular formula is C22H27ClN2O2. The minimum atomic E-state index is -0.182. The van der Waals surface area contributed by atoms with Gasteiger partial charge in [-0.2, -0.15) is 0 Å². The molecule has 1 aliphatic heterocycles. The van der Waals surface area contributed by atoms with Crippen molar-refractivity contribution in [1.82, 2.24) is 10.2 Å². The first-order valence-electron chi connectivity index (χ1n) is 9.58. The zero-order valence-electron chi connectivity index (χ0n) is 16.0. The predicted molar refractivity (Wildman–Crippen MR) is 109 cm³/mol. The molecule has 2 aromatic rings. The second-order valence-corrected chi connectivity index (χ2v) is 7.40. The van der Waals surface area contributed by atoms with Crippen molar-refractivity contribution in [1.29, 1.82) is 0 Å². The van der Waals surface area contributed by atoms with Gasteiger partial charge in [0.05, 0.1) is 5.92 Å². The number of carbonyl (C=O) groups is 1. The third-order valence-corrected chi connectivity index (χ3v) is 5.33. The lowest BCUT2D eigenvalue weighted by atomic mass is 9.96. The quantitative estimate of drug-likeness (QED) is 0.780. The summed E-state index contributed by atoms with van der Waals surface area (Å²) in [7, 11) is 0. The van der Waals surface area contributed by atoms with Gasteiger partial charge >= 0.3 is 0 Å². The number of ether oxygens (including phenoxy) is 1. The summed E-state index contributed by atoms with van der Waals surface area (Å²) < 4.78 is 5.71. The molecule has 1 aliphatic rings. The zero-order chi connectivity index (χ0) is 19.2. The fourth-order valence-electron chi connectivity index (χ4n) is 3.33.